The van der Waals surface area contributed by atoms with Gasteiger partial charge >= 0.3 is 5.97 Å². The molecule has 76 valence electrons. The third-order valence-electron chi connectivity index (χ3n) is 3.22. The minimum absolute atomic E-state index is 0.119. The Labute approximate surface area is 79.8 Å². The lowest BCUT2D eigenvalue weighted by Crippen LogP contribution is -2.60. The van der Waals surface area contributed by atoms with Crippen molar-refractivity contribution < 1.29 is 9.53 Å². The highest BCUT2D eigenvalue weighted by atomic mass is 16.5. The molecule has 0 aromatic carbocycles. The fourth-order valence-corrected chi connectivity index (χ4v) is 1.98. The molecule has 1 N–H and O–H groups in total. The topological polar surface area (TPSA) is 38.3 Å². The van der Waals surface area contributed by atoms with E-state index in [1.807, 2.05) is 7.05 Å². The first-order valence-corrected chi connectivity index (χ1v) is 4.83. The minimum atomic E-state index is -0.385. The molecule has 0 aromatic heterocycles. The van der Waals surface area contributed by atoms with Gasteiger partial charge < -0.3 is 10.1 Å². The third-order valence-corrected chi connectivity index (χ3v) is 3.22. The van der Waals surface area contributed by atoms with Gasteiger partial charge in [-0.2, -0.15) is 0 Å². The normalized spacial score (nSPS) is 32.8. The number of nitrogens with one attached hydrogen (secondary N) is 1. The molecule has 0 heterocycles. The maximum atomic E-state index is 11.4. The summed E-state index contributed by atoms with van der Waals surface area (Å²) >= 11 is 0. The Morgan fingerprint density at radius 1 is 1.54 bits per heavy atom. The summed E-state index contributed by atoms with van der Waals surface area (Å²) in [6, 6.07) is 0. The molecule has 1 saturated carbocycles. The average Bonchev–Trinajstić information content (AvgIpc) is 2.02. The van der Waals surface area contributed by atoms with Crippen molar-refractivity contribution in [1.29, 1.82) is 0 Å². The van der Waals surface area contributed by atoms with E-state index in [4.69, 9.17) is 4.74 Å². The van der Waals surface area contributed by atoms with Crippen molar-refractivity contribution in [2.45, 2.75) is 32.2 Å². The summed E-state index contributed by atoms with van der Waals surface area (Å²) in [7, 11) is 3.28. The second-order valence-corrected chi connectivity index (χ2v) is 4.24. The van der Waals surface area contributed by atoms with Crippen LogP contribution in [0.2, 0.25) is 0 Å². The second kappa shape index (κ2) is 3.66. The summed E-state index contributed by atoms with van der Waals surface area (Å²) in [5.74, 6) is 1.20. The molecular formula is C10H19NO2. The molecule has 13 heavy (non-hydrogen) atoms. The van der Waals surface area contributed by atoms with Crippen LogP contribution in [0.5, 0.6) is 0 Å². The molecule has 0 amide bonds. The Balaban J connectivity index is 2.55. The molecule has 1 fully saturated rings. The molecule has 1 aliphatic rings. The summed E-state index contributed by atoms with van der Waals surface area (Å²) in [5.41, 5.74) is -0.385. The number of esters is 1. The molecule has 1 aliphatic carbocycles. The zero-order chi connectivity index (χ0) is 10.1. The SMILES string of the molecule is CNC1(C(=O)OC)CC(C(C)C)C1. The Kier molecular flexibility index (Phi) is 2.96. The van der Waals surface area contributed by atoms with Crippen LogP contribution < -0.4 is 5.32 Å². The van der Waals surface area contributed by atoms with E-state index in [0.29, 0.717) is 11.8 Å². The van der Waals surface area contributed by atoms with Crippen molar-refractivity contribution in [2.75, 3.05) is 14.2 Å². The van der Waals surface area contributed by atoms with Gasteiger partial charge in [-0.05, 0) is 31.7 Å². The molecule has 3 nitrogen and oxygen atoms in total. The lowest BCUT2D eigenvalue weighted by Gasteiger charge is -2.46. The van der Waals surface area contributed by atoms with E-state index >= 15 is 0 Å². The van der Waals surface area contributed by atoms with Gasteiger partial charge in [0.15, 0.2) is 0 Å². The van der Waals surface area contributed by atoms with Crippen molar-refractivity contribution in [2.24, 2.45) is 11.8 Å². The predicted molar refractivity (Wildman–Crippen MR) is 51.4 cm³/mol. The highest BCUT2D eigenvalue weighted by Crippen LogP contribution is 2.42. The van der Waals surface area contributed by atoms with Crippen molar-refractivity contribution in [3.63, 3.8) is 0 Å². The highest BCUT2D eigenvalue weighted by molar-refractivity contribution is 5.82. The number of carbonyl (C=O) groups is 1. The van der Waals surface area contributed by atoms with E-state index in [0.717, 1.165) is 12.8 Å². The summed E-state index contributed by atoms with van der Waals surface area (Å²) in [6.45, 7) is 4.39. The molecule has 0 aliphatic heterocycles. The number of carbonyl (C=O) groups excluding carboxylic acids is 1. The number of hydrogen-bond donors (Lipinski definition) is 1. The zero-order valence-electron chi connectivity index (χ0n) is 8.89. The maximum Gasteiger partial charge on any atom is 0.326 e. The van der Waals surface area contributed by atoms with Gasteiger partial charge in [0.2, 0.25) is 0 Å². The molecule has 1 rings (SSSR count). The number of hydrogen-bond acceptors (Lipinski definition) is 3. The second-order valence-electron chi connectivity index (χ2n) is 4.24. The van der Waals surface area contributed by atoms with Gasteiger partial charge in [0.05, 0.1) is 7.11 Å². The van der Waals surface area contributed by atoms with Crippen LogP contribution in [0.1, 0.15) is 26.7 Å². The summed E-state index contributed by atoms with van der Waals surface area (Å²) < 4.78 is 4.78. The number of rotatable bonds is 3. The monoisotopic (exact) mass is 185 g/mol. The largest absolute Gasteiger partial charge is 0.468 e. The van der Waals surface area contributed by atoms with E-state index in [-0.39, 0.29) is 11.5 Å². The molecule has 0 radical (unpaired) electrons. The van der Waals surface area contributed by atoms with E-state index in [1.54, 1.807) is 0 Å². The Hall–Kier alpha value is -0.570. The Morgan fingerprint density at radius 3 is 2.38 bits per heavy atom. The van der Waals surface area contributed by atoms with Crippen molar-refractivity contribution in [1.82, 2.24) is 5.32 Å². The van der Waals surface area contributed by atoms with Crippen LogP contribution in [-0.4, -0.2) is 25.7 Å². The number of methoxy groups -OCH3 is 1. The van der Waals surface area contributed by atoms with E-state index < -0.39 is 0 Å². The van der Waals surface area contributed by atoms with E-state index in [9.17, 15) is 4.79 Å². The average molecular weight is 185 g/mol. The van der Waals surface area contributed by atoms with Crippen molar-refractivity contribution in [3.05, 3.63) is 0 Å². The van der Waals surface area contributed by atoms with Gasteiger partial charge in [0.1, 0.15) is 5.54 Å². The van der Waals surface area contributed by atoms with Gasteiger partial charge in [-0.3, -0.25) is 4.79 Å². The van der Waals surface area contributed by atoms with Crippen LogP contribution in [-0.2, 0) is 9.53 Å². The number of likely N-dealkylation sites (N-methyl/N-ethyl adjacent to an activating group) is 1. The van der Waals surface area contributed by atoms with Crippen LogP contribution in [0, 0.1) is 11.8 Å². The molecule has 0 saturated heterocycles. The van der Waals surface area contributed by atoms with Crippen LogP contribution >= 0.6 is 0 Å². The molecule has 0 spiro atoms. The molecule has 0 bridgehead atoms. The molecule has 3 heteroatoms. The van der Waals surface area contributed by atoms with Crippen LogP contribution in [0.15, 0.2) is 0 Å². The molecule has 0 atom stereocenters. The third kappa shape index (κ3) is 1.70. The zero-order valence-corrected chi connectivity index (χ0v) is 8.89. The van der Waals surface area contributed by atoms with Gasteiger partial charge in [-0.25, -0.2) is 0 Å². The lowest BCUT2D eigenvalue weighted by molar-refractivity contribution is -0.155. The highest BCUT2D eigenvalue weighted by Gasteiger charge is 2.50. The predicted octanol–water partition coefficient (Wildman–Crippen LogP) is 1.18. The fourth-order valence-electron chi connectivity index (χ4n) is 1.98. The van der Waals surface area contributed by atoms with Crippen LogP contribution in [0.3, 0.4) is 0 Å². The fraction of sp³-hybridized carbons (Fsp3) is 0.900. The van der Waals surface area contributed by atoms with Crippen molar-refractivity contribution >= 4 is 5.97 Å². The lowest BCUT2D eigenvalue weighted by atomic mass is 9.64. The summed E-state index contributed by atoms with van der Waals surface area (Å²) in [4.78, 5) is 11.4. The first kappa shape index (κ1) is 10.5. The smallest absolute Gasteiger partial charge is 0.326 e. The van der Waals surface area contributed by atoms with E-state index in [2.05, 4.69) is 19.2 Å². The quantitative estimate of drug-likeness (QED) is 0.671. The summed E-state index contributed by atoms with van der Waals surface area (Å²) in [5, 5.41) is 3.08. The minimum Gasteiger partial charge on any atom is -0.468 e. The molecule has 0 aromatic rings. The maximum absolute atomic E-state index is 11.4. The number of ether oxygens (including phenoxy) is 1. The van der Waals surface area contributed by atoms with Crippen LogP contribution in [0.4, 0.5) is 0 Å². The van der Waals surface area contributed by atoms with E-state index in [1.165, 1.54) is 7.11 Å². The van der Waals surface area contributed by atoms with Crippen LogP contribution in [0.25, 0.3) is 0 Å². The first-order valence-electron chi connectivity index (χ1n) is 4.83. The van der Waals surface area contributed by atoms with Gasteiger partial charge in [-0.1, -0.05) is 13.8 Å². The first-order chi connectivity index (χ1) is 6.05. The Morgan fingerprint density at radius 2 is 2.08 bits per heavy atom. The molecule has 0 unspecified atom stereocenters. The van der Waals surface area contributed by atoms with Gasteiger partial charge in [-0.15, -0.1) is 0 Å². The standard InChI is InChI=1S/C10H19NO2/c1-7(2)8-5-10(6-8,11-3)9(12)13-4/h7-8,11H,5-6H2,1-4H3. The van der Waals surface area contributed by atoms with Gasteiger partial charge in [0.25, 0.3) is 0 Å². The molecular weight excluding hydrogens is 166 g/mol. The Bertz CT molecular complexity index is 195. The van der Waals surface area contributed by atoms with Crippen molar-refractivity contribution in [3.8, 4) is 0 Å². The van der Waals surface area contributed by atoms with Gasteiger partial charge in [0, 0.05) is 0 Å². The summed E-state index contributed by atoms with van der Waals surface area (Å²) in [6.07, 6.45) is 1.82.